The van der Waals surface area contributed by atoms with Gasteiger partial charge in [-0.25, -0.2) is 0 Å². The van der Waals surface area contributed by atoms with Gasteiger partial charge in [0.1, 0.15) is 6.10 Å². The van der Waals surface area contributed by atoms with E-state index in [1.54, 1.807) is 0 Å². The summed E-state index contributed by atoms with van der Waals surface area (Å²) in [5.41, 5.74) is 0. The van der Waals surface area contributed by atoms with Gasteiger partial charge in [-0.15, -0.1) is 0 Å². The molecule has 11 heavy (non-hydrogen) atoms. The van der Waals surface area contributed by atoms with Crippen LogP contribution in [-0.2, 0) is 4.74 Å². The molecule has 0 bridgehead atoms. The van der Waals surface area contributed by atoms with Crippen LogP contribution in [0.3, 0.4) is 0 Å². The van der Waals surface area contributed by atoms with Crippen molar-refractivity contribution in [2.75, 3.05) is 6.61 Å². The molecule has 2 heteroatoms. The molecule has 0 aromatic heterocycles. The molecule has 1 aliphatic rings. The second kappa shape index (κ2) is 4.52. The Labute approximate surface area is 67.9 Å². The maximum Gasteiger partial charge on any atom is 0.107 e. The number of epoxide rings is 1. The lowest BCUT2D eigenvalue weighted by Crippen LogP contribution is -1.97. The van der Waals surface area contributed by atoms with E-state index in [9.17, 15) is 0 Å². The predicted molar refractivity (Wildman–Crippen MR) is 44.4 cm³/mol. The third kappa shape index (κ3) is 3.04. The number of hydrogen-bond acceptors (Lipinski definition) is 2. The van der Waals surface area contributed by atoms with E-state index in [4.69, 9.17) is 9.84 Å². The summed E-state index contributed by atoms with van der Waals surface area (Å²) in [6, 6.07) is 0. The van der Waals surface area contributed by atoms with E-state index < -0.39 is 0 Å². The Morgan fingerprint density at radius 2 is 2.18 bits per heavy atom. The van der Waals surface area contributed by atoms with Gasteiger partial charge in [-0.1, -0.05) is 19.1 Å². The molecule has 1 aliphatic heterocycles. The van der Waals surface area contributed by atoms with Gasteiger partial charge in [-0.3, -0.25) is 0 Å². The molecular formula is C9H16O2. The summed E-state index contributed by atoms with van der Waals surface area (Å²) in [4.78, 5) is 0. The Hall–Kier alpha value is -0.340. The molecule has 2 atom stereocenters. The summed E-state index contributed by atoms with van der Waals surface area (Å²) in [5, 5.41) is 8.64. The Balaban J connectivity index is 1.93. The first-order valence-corrected chi connectivity index (χ1v) is 4.29. The van der Waals surface area contributed by atoms with Crippen molar-refractivity contribution in [1.29, 1.82) is 0 Å². The average molecular weight is 156 g/mol. The normalized spacial score (nSPS) is 29.6. The van der Waals surface area contributed by atoms with Gasteiger partial charge in [0.15, 0.2) is 0 Å². The predicted octanol–water partition coefficient (Wildman–Crippen LogP) is 1.49. The van der Waals surface area contributed by atoms with Crippen molar-refractivity contribution in [2.45, 2.75) is 38.4 Å². The van der Waals surface area contributed by atoms with Crippen molar-refractivity contribution in [3.8, 4) is 0 Å². The van der Waals surface area contributed by atoms with Gasteiger partial charge >= 0.3 is 0 Å². The minimum Gasteiger partial charge on any atom is -0.394 e. The Bertz CT molecular complexity index is 132. The molecular weight excluding hydrogens is 140 g/mol. The molecule has 0 aliphatic carbocycles. The molecule has 1 N–H and O–H groups in total. The van der Waals surface area contributed by atoms with Crippen LogP contribution in [0.4, 0.5) is 0 Å². The lowest BCUT2D eigenvalue weighted by atomic mass is 10.2. The highest BCUT2D eigenvalue weighted by molar-refractivity contribution is 4.88. The number of allylic oxidation sites excluding steroid dienone is 2. The Morgan fingerprint density at radius 1 is 1.36 bits per heavy atom. The van der Waals surface area contributed by atoms with Crippen LogP contribution in [0.2, 0.25) is 0 Å². The molecule has 64 valence electrons. The molecule has 1 rings (SSSR count). The Morgan fingerprint density at radius 3 is 2.73 bits per heavy atom. The summed E-state index contributed by atoms with van der Waals surface area (Å²) in [6.45, 7) is 2.31. The van der Waals surface area contributed by atoms with Gasteiger partial charge in [0.05, 0.1) is 12.7 Å². The van der Waals surface area contributed by atoms with Crippen molar-refractivity contribution in [3.63, 3.8) is 0 Å². The van der Waals surface area contributed by atoms with Crippen LogP contribution in [0.5, 0.6) is 0 Å². The van der Waals surface area contributed by atoms with Crippen molar-refractivity contribution in [3.05, 3.63) is 12.2 Å². The molecule has 0 aromatic carbocycles. The zero-order valence-electron chi connectivity index (χ0n) is 6.99. The van der Waals surface area contributed by atoms with E-state index >= 15 is 0 Å². The first kappa shape index (κ1) is 8.75. The van der Waals surface area contributed by atoms with E-state index in [0.29, 0.717) is 6.10 Å². The van der Waals surface area contributed by atoms with Crippen molar-refractivity contribution in [1.82, 2.24) is 0 Å². The van der Waals surface area contributed by atoms with Crippen LogP contribution in [0.1, 0.15) is 26.2 Å². The van der Waals surface area contributed by atoms with Crippen LogP contribution in [0.15, 0.2) is 12.2 Å². The summed E-state index contributed by atoms with van der Waals surface area (Å²) in [5.74, 6) is 0. The van der Waals surface area contributed by atoms with Crippen LogP contribution < -0.4 is 0 Å². The van der Waals surface area contributed by atoms with Crippen molar-refractivity contribution in [2.24, 2.45) is 0 Å². The second-order valence-corrected chi connectivity index (χ2v) is 2.85. The molecule has 1 fully saturated rings. The number of hydrogen-bond donors (Lipinski definition) is 1. The third-order valence-electron chi connectivity index (χ3n) is 1.89. The van der Waals surface area contributed by atoms with E-state index in [0.717, 1.165) is 19.3 Å². The summed E-state index contributed by atoms with van der Waals surface area (Å²) in [7, 11) is 0. The van der Waals surface area contributed by atoms with Gasteiger partial charge < -0.3 is 9.84 Å². The summed E-state index contributed by atoms with van der Waals surface area (Å²) >= 11 is 0. The van der Waals surface area contributed by atoms with Gasteiger partial charge in [0, 0.05) is 0 Å². The van der Waals surface area contributed by atoms with Gasteiger partial charge in [0.2, 0.25) is 0 Å². The molecule has 0 amide bonds. The molecule has 1 heterocycles. The number of aliphatic hydroxyl groups excluding tert-OH is 1. The zero-order chi connectivity index (χ0) is 8.10. The van der Waals surface area contributed by atoms with E-state index in [2.05, 4.69) is 19.1 Å². The molecule has 1 saturated heterocycles. The molecule has 0 radical (unpaired) electrons. The Kier molecular flexibility index (Phi) is 3.60. The monoisotopic (exact) mass is 156 g/mol. The van der Waals surface area contributed by atoms with Crippen LogP contribution in [0.25, 0.3) is 0 Å². The molecule has 0 unspecified atom stereocenters. The SMILES string of the molecule is CC/C=C/CC[C@@H]1O[C@H]1CO. The van der Waals surface area contributed by atoms with E-state index in [1.807, 2.05) is 0 Å². The van der Waals surface area contributed by atoms with Crippen LogP contribution in [-0.4, -0.2) is 23.9 Å². The van der Waals surface area contributed by atoms with Gasteiger partial charge in [0.25, 0.3) is 0 Å². The lowest BCUT2D eigenvalue weighted by Gasteiger charge is -1.87. The van der Waals surface area contributed by atoms with E-state index in [-0.39, 0.29) is 12.7 Å². The molecule has 0 aromatic rings. The fraction of sp³-hybridized carbons (Fsp3) is 0.778. The summed E-state index contributed by atoms with van der Waals surface area (Å²) < 4.78 is 5.16. The minimum absolute atomic E-state index is 0.144. The average Bonchev–Trinajstić information content (AvgIpc) is 2.77. The quantitative estimate of drug-likeness (QED) is 0.483. The maximum absolute atomic E-state index is 8.64. The highest BCUT2D eigenvalue weighted by atomic mass is 16.6. The van der Waals surface area contributed by atoms with Crippen molar-refractivity contribution < 1.29 is 9.84 Å². The number of aliphatic hydroxyl groups is 1. The molecule has 0 spiro atoms. The maximum atomic E-state index is 8.64. The smallest absolute Gasteiger partial charge is 0.107 e. The first-order valence-electron chi connectivity index (χ1n) is 4.29. The number of ether oxygens (including phenoxy) is 1. The lowest BCUT2D eigenvalue weighted by molar-refractivity contribution is 0.241. The number of rotatable bonds is 5. The fourth-order valence-corrected chi connectivity index (χ4v) is 1.14. The third-order valence-corrected chi connectivity index (χ3v) is 1.89. The highest BCUT2D eigenvalue weighted by Crippen LogP contribution is 2.25. The van der Waals surface area contributed by atoms with Gasteiger partial charge in [-0.2, -0.15) is 0 Å². The standard InChI is InChI=1S/C9H16O2/c1-2-3-4-5-6-8-9(7-10)11-8/h3-4,8-10H,2,5-7H2,1H3/b4-3+/t8-,9-/m0/s1. The fourth-order valence-electron chi connectivity index (χ4n) is 1.14. The highest BCUT2D eigenvalue weighted by Gasteiger charge is 2.36. The van der Waals surface area contributed by atoms with Crippen molar-refractivity contribution >= 4 is 0 Å². The van der Waals surface area contributed by atoms with Crippen LogP contribution >= 0.6 is 0 Å². The largest absolute Gasteiger partial charge is 0.394 e. The zero-order valence-corrected chi connectivity index (χ0v) is 6.99. The first-order chi connectivity index (χ1) is 5.38. The topological polar surface area (TPSA) is 32.8 Å². The minimum atomic E-state index is 0.144. The van der Waals surface area contributed by atoms with Crippen LogP contribution in [0, 0.1) is 0 Å². The summed E-state index contributed by atoms with van der Waals surface area (Å²) in [6.07, 6.45) is 8.06. The second-order valence-electron chi connectivity index (χ2n) is 2.85. The molecule has 0 saturated carbocycles. The van der Waals surface area contributed by atoms with Gasteiger partial charge in [-0.05, 0) is 19.3 Å². The molecule has 2 nitrogen and oxygen atoms in total. The van der Waals surface area contributed by atoms with E-state index in [1.165, 1.54) is 0 Å².